The summed E-state index contributed by atoms with van der Waals surface area (Å²) in [5.41, 5.74) is 2.54. The molecule has 1 N–H and O–H groups in total. The normalized spacial score (nSPS) is 48.9. The van der Waals surface area contributed by atoms with E-state index in [1.54, 1.807) is 5.57 Å². The van der Waals surface area contributed by atoms with Crippen LogP contribution in [-0.2, 0) is 4.79 Å². The maximum absolute atomic E-state index is 11.3. The largest absolute Gasteiger partial charge is 0.481 e. The van der Waals surface area contributed by atoms with Gasteiger partial charge in [-0.2, -0.15) is 0 Å². The highest BCUT2D eigenvalue weighted by molar-refractivity contribution is 5.67. The Bertz CT molecular complexity index is 536. The molecule has 3 fully saturated rings. The first kappa shape index (κ1) is 15.7. The lowest BCUT2D eigenvalue weighted by Crippen LogP contribution is -2.50. The Balaban J connectivity index is 1.61. The molecule has 0 aliphatic heterocycles. The molecule has 4 aliphatic rings. The van der Waals surface area contributed by atoms with Crippen LogP contribution in [0.3, 0.4) is 0 Å². The molecule has 0 heterocycles. The average Bonchev–Trinajstić information content (AvgIpc) is 2.83. The fraction of sp³-hybridized carbons (Fsp3) is 0.857. The van der Waals surface area contributed by atoms with Gasteiger partial charge >= 0.3 is 5.97 Å². The fourth-order valence-corrected chi connectivity index (χ4v) is 7.41. The van der Waals surface area contributed by atoms with E-state index >= 15 is 0 Å². The topological polar surface area (TPSA) is 37.3 Å². The molecule has 0 bridgehead atoms. The Morgan fingerprint density at radius 3 is 2.78 bits per heavy atom. The van der Waals surface area contributed by atoms with Gasteiger partial charge in [-0.05, 0) is 92.3 Å². The van der Waals surface area contributed by atoms with Crippen molar-refractivity contribution in [3.05, 3.63) is 11.6 Å². The highest BCUT2D eigenvalue weighted by atomic mass is 16.4. The summed E-state index contributed by atoms with van der Waals surface area (Å²) in [5, 5.41) is 9.30. The quantitative estimate of drug-likeness (QED) is 0.690. The molecule has 0 saturated heterocycles. The summed E-state index contributed by atoms with van der Waals surface area (Å²) in [7, 11) is 0. The Kier molecular flexibility index (Phi) is 3.66. The second-order valence-electron chi connectivity index (χ2n) is 9.37. The van der Waals surface area contributed by atoms with Crippen LogP contribution in [0.25, 0.3) is 0 Å². The molecule has 4 rings (SSSR count). The van der Waals surface area contributed by atoms with Gasteiger partial charge in [-0.1, -0.05) is 25.5 Å². The van der Waals surface area contributed by atoms with Crippen molar-refractivity contribution in [1.82, 2.24) is 0 Å². The average molecular weight is 316 g/mol. The van der Waals surface area contributed by atoms with E-state index < -0.39 is 5.97 Å². The van der Waals surface area contributed by atoms with Crippen molar-refractivity contribution in [3.8, 4) is 0 Å². The number of carboxylic acids is 1. The second kappa shape index (κ2) is 5.36. The van der Waals surface area contributed by atoms with Crippen LogP contribution in [0.4, 0.5) is 0 Å². The van der Waals surface area contributed by atoms with E-state index in [1.807, 2.05) is 0 Å². The number of allylic oxidation sites excluding steroid dienone is 2. The lowest BCUT2D eigenvalue weighted by atomic mass is 9.47. The Morgan fingerprint density at radius 1 is 1.17 bits per heavy atom. The van der Waals surface area contributed by atoms with Gasteiger partial charge in [0.15, 0.2) is 0 Å². The summed E-state index contributed by atoms with van der Waals surface area (Å²) in [6.07, 6.45) is 14.7. The number of aliphatic carboxylic acids is 1. The van der Waals surface area contributed by atoms with Crippen molar-refractivity contribution in [1.29, 1.82) is 0 Å². The third-order valence-electron chi connectivity index (χ3n) is 8.64. The minimum Gasteiger partial charge on any atom is -0.481 e. The molecule has 0 unspecified atom stereocenters. The van der Waals surface area contributed by atoms with Crippen molar-refractivity contribution in [2.24, 2.45) is 34.5 Å². The van der Waals surface area contributed by atoms with E-state index in [9.17, 15) is 9.90 Å². The zero-order valence-electron chi connectivity index (χ0n) is 14.8. The van der Waals surface area contributed by atoms with E-state index in [2.05, 4.69) is 19.9 Å². The summed E-state index contributed by atoms with van der Waals surface area (Å²) in [6.45, 7) is 4.99. The number of fused-ring (bicyclic) bond motifs is 5. The van der Waals surface area contributed by atoms with Crippen molar-refractivity contribution < 1.29 is 9.90 Å². The summed E-state index contributed by atoms with van der Waals surface area (Å²) in [4.78, 5) is 11.3. The van der Waals surface area contributed by atoms with E-state index in [4.69, 9.17) is 0 Å². The monoisotopic (exact) mass is 316 g/mol. The van der Waals surface area contributed by atoms with Gasteiger partial charge in [0.05, 0.1) is 0 Å². The molecule has 0 aromatic carbocycles. The van der Waals surface area contributed by atoms with E-state index in [0.29, 0.717) is 23.2 Å². The maximum atomic E-state index is 11.3. The highest BCUT2D eigenvalue weighted by Crippen LogP contribution is 2.67. The fourth-order valence-electron chi connectivity index (χ4n) is 7.41. The number of hydrogen-bond donors (Lipinski definition) is 1. The molecular weight excluding hydrogens is 284 g/mol. The van der Waals surface area contributed by atoms with Gasteiger partial charge in [-0.25, -0.2) is 0 Å². The molecule has 23 heavy (non-hydrogen) atoms. The maximum Gasteiger partial charge on any atom is 0.303 e. The predicted molar refractivity (Wildman–Crippen MR) is 92.1 cm³/mol. The summed E-state index contributed by atoms with van der Waals surface area (Å²) in [6, 6.07) is 0. The standard InChI is InChI=1S/C21H32O2/c1-20-11-4-3-5-14(20)6-8-16-17-9-7-15(13-19(22)23)21(17,2)12-10-18(16)20/h5,15-18H,3-4,6-13H2,1-2H3,(H,22,23)/t15-,16+,17+,18+,20+,21-/m1/s1. The lowest BCUT2D eigenvalue weighted by molar-refractivity contribution is -0.140. The molecule has 0 amide bonds. The summed E-state index contributed by atoms with van der Waals surface area (Å²) in [5.74, 6) is 2.33. The minimum atomic E-state index is -0.591. The van der Waals surface area contributed by atoms with Crippen molar-refractivity contribution in [3.63, 3.8) is 0 Å². The van der Waals surface area contributed by atoms with Gasteiger partial charge in [0.25, 0.3) is 0 Å². The number of hydrogen-bond acceptors (Lipinski definition) is 1. The number of rotatable bonds is 2. The first-order valence-corrected chi connectivity index (χ1v) is 9.86. The zero-order valence-corrected chi connectivity index (χ0v) is 14.8. The van der Waals surface area contributed by atoms with Crippen molar-refractivity contribution >= 4 is 5.97 Å². The second-order valence-corrected chi connectivity index (χ2v) is 9.37. The molecule has 0 aromatic heterocycles. The van der Waals surface area contributed by atoms with Crippen molar-refractivity contribution in [2.75, 3.05) is 0 Å². The molecule has 0 radical (unpaired) electrons. The molecule has 2 nitrogen and oxygen atoms in total. The molecular formula is C21H32O2. The van der Waals surface area contributed by atoms with Crippen LogP contribution in [0.5, 0.6) is 0 Å². The molecule has 4 aliphatic carbocycles. The van der Waals surface area contributed by atoms with Crippen LogP contribution in [-0.4, -0.2) is 11.1 Å². The molecule has 6 atom stereocenters. The number of carbonyl (C=O) groups is 1. The van der Waals surface area contributed by atoms with Gasteiger partial charge in [0.1, 0.15) is 0 Å². The van der Waals surface area contributed by atoms with Gasteiger partial charge < -0.3 is 5.11 Å². The van der Waals surface area contributed by atoms with Gasteiger partial charge in [-0.15, -0.1) is 0 Å². The van der Waals surface area contributed by atoms with Crippen LogP contribution in [0.2, 0.25) is 0 Å². The first-order chi connectivity index (χ1) is 10.9. The third kappa shape index (κ3) is 2.23. The Labute approximate surface area is 140 Å². The minimum absolute atomic E-state index is 0.297. The van der Waals surface area contributed by atoms with Gasteiger partial charge in [-0.3, -0.25) is 4.79 Å². The SMILES string of the molecule is C[C@]12CC[C@H]3[C@@H](CCC4=CCCC[C@@]43C)[C@@H]1CC[C@@H]2CC(=O)O. The van der Waals surface area contributed by atoms with Crippen LogP contribution in [0.15, 0.2) is 11.6 Å². The van der Waals surface area contributed by atoms with Crippen molar-refractivity contribution in [2.45, 2.75) is 78.1 Å². The van der Waals surface area contributed by atoms with Crippen LogP contribution in [0, 0.1) is 34.5 Å². The zero-order chi connectivity index (χ0) is 16.2. The van der Waals surface area contributed by atoms with E-state index in [1.165, 1.54) is 51.4 Å². The molecule has 2 heteroatoms. The van der Waals surface area contributed by atoms with Crippen LogP contribution < -0.4 is 0 Å². The smallest absolute Gasteiger partial charge is 0.303 e. The molecule has 0 aromatic rings. The lowest BCUT2D eigenvalue weighted by Gasteiger charge is -2.58. The molecule has 128 valence electrons. The Morgan fingerprint density at radius 2 is 2.00 bits per heavy atom. The third-order valence-corrected chi connectivity index (χ3v) is 8.64. The van der Waals surface area contributed by atoms with E-state index in [0.717, 1.165) is 24.2 Å². The molecule has 3 saturated carbocycles. The van der Waals surface area contributed by atoms with Gasteiger partial charge in [0.2, 0.25) is 0 Å². The van der Waals surface area contributed by atoms with Gasteiger partial charge in [0, 0.05) is 6.42 Å². The summed E-state index contributed by atoms with van der Waals surface area (Å²) < 4.78 is 0. The number of carboxylic acid groups (broad SMARTS) is 1. The van der Waals surface area contributed by atoms with Crippen LogP contribution >= 0.6 is 0 Å². The Hall–Kier alpha value is -0.790. The van der Waals surface area contributed by atoms with Crippen LogP contribution in [0.1, 0.15) is 78.1 Å². The predicted octanol–water partition coefficient (Wildman–Crippen LogP) is 5.43. The first-order valence-electron chi connectivity index (χ1n) is 9.86. The molecule has 0 spiro atoms. The summed E-state index contributed by atoms with van der Waals surface area (Å²) >= 11 is 0. The highest BCUT2D eigenvalue weighted by Gasteiger charge is 2.58. The van der Waals surface area contributed by atoms with E-state index in [-0.39, 0.29) is 0 Å².